The van der Waals surface area contributed by atoms with Gasteiger partial charge in [-0.15, -0.1) is 11.3 Å². The highest BCUT2D eigenvalue weighted by Crippen LogP contribution is 2.52. The van der Waals surface area contributed by atoms with E-state index in [9.17, 15) is 0 Å². The average molecular weight is 782 g/mol. The molecule has 0 aliphatic heterocycles. The van der Waals surface area contributed by atoms with Gasteiger partial charge in [0.1, 0.15) is 25.6 Å². The number of rotatable bonds is 5. The first-order valence-corrected chi connectivity index (χ1v) is 16.9. The quantitative estimate of drug-likeness (QED) is 0.163. The predicted octanol–water partition coefficient (Wildman–Crippen LogP) is 14.0. The maximum atomic E-state index is 6.48. The lowest BCUT2D eigenvalue weighted by Gasteiger charge is -2.21. The molecule has 0 aliphatic rings. The van der Waals surface area contributed by atoms with Crippen molar-refractivity contribution in [2.75, 3.05) is 0 Å². The highest BCUT2D eigenvalue weighted by Gasteiger charge is 2.26. The third-order valence-corrected chi connectivity index (χ3v) is 10.8. The summed E-state index contributed by atoms with van der Waals surface area (Å²) >= 11 is 52.5. The first-order chi connectivity index (χ1) is 22.1. The number of nitrogens with zero attached hydrogens (tertiary/aromatic N) is 3. The van der Waals surface area contributed by atoms with Crippen LogP contribution in [0.3, 0.4) is 0 Å². The summed E-state index contributed by atoms with van der Waals surface area (Å²) < 4.78 is 6.44. The molecule has 7 aromatic rings. The molecular weight excluding hydrogens is 770 g/mol. The lowest BCUT2D eigenvalue weighted by atomic mass is 9.82. The van der Waals surface area contributed by atoms with E-state index in [2.05, 4.69) is 21.0 Å². The van der Waals surface area contributed by atoms with Gasteiger partial charge in [0.15, 0.2) is 0 Å². The van der Waals surface area contributed by atoms with E-state index in [1.54, 1.807) is 48.9 Å². The van der Waals surface area contributed by atoms with E-state index < -0.39 is 0 Å². The molecule has 4 nitrogen and oxygen atoms in total. The third kappa shape index (κ3) is 5.87. The molecule has 227 valence electrons. The van der Waals surface area contributed by atoms with Crippen molar-refractivity contribution < 1.29 is 4.42 Å². The zero-order valence-corrected chi connectivity index (χ0v) is 29.5. The molecule has 7 rings (SSSR count). The third-order valence-electron chi connectivity index (χ3n) is 7.15. The number of halogens is 8. The van der Waals surface area contributed by atoms with Gasteiger partial charge in [0.25, 0.3) is 0 Å². The summed E-state index contributed by atoms with van der Waals surface area (Å²) in [6.45, 7) is 0. The van der Waals surface area contributed by atoms with Gasteiger partial charge in [0, 0.05) is 63.4 Å². The largest absolute Gasteiger partial charge is 0.443 e. The summed E-state index contributed by atoms with van der Waals surface area (Å²) in [4.78, 5) is 13.7. The molecule has 0 aliphatic carbocycles. The molecule has 0 bridgehead atoms. The van der Waals surface area contributed by atoms with Gasteiger partial charge in [-0.05, 0) is 75.5 Å². The van der Waals surface area contributed by atoms with Gasteiger partial charge >= 0.3 is 0 Å². The van der Waals surface area contributed by atoms with E-state index in [-0.39, 0.29) is 20.5 Å². The number of furan rings is 1. The fourth-order valence-electron chi connectivity index (χ4n) is 5.25. The molecule has 0 saturated carbocycles. The lowest BCUT2D eigenvalue weighted by Crippen LogP contribution is -1.97. The Morgan fingerprint density at radius 1 is 0.630 bits per heavy atom. The molecule has 5 heterocycles. The zero-order valence-electron chi connectivity index (χ0n) is 22.6. The van der Waals surface area contributed by atoms with Crippen molar-refractivity contribution >= 4 is 115 Å². The first kappa shape index (κ1) is 32.0. The molecule has 1 radical (unpaired) electrons. The molecule has 0 amide bonds. The maximum absolute atomic E-state index is 6.48. The Kier molecular flexibility index (Phi) is 8.92. The second-order valence-corrected chi connectivity index (χ2v) is 14.2. The van der Waals surface area contributed by atoms with Gasteiger partial charge in [-0.2, -0.15) is 0 Å². The Hall–Kier alpha value is -2.55. The molecule has 0 atom stereocenters. The van der Waals surface area contributed by atoms with Gasteiger partial charge in [0.05, 0.1) is 15.1 Å². The minimum Gasteiger partial charge on any atom is -0.443 e. The van der Waals surface area contributed by atoms with E-state index in [1.807, 2.05) is 24.3 Å². The van der Waals surface area contributed by atoms with Crippen molar-refractivity contribution in [3.05, 3.63) is 119 Å². The van der Waals surface area contributed by atoms with Crippen molar-refractivity contribution in [3.63, 3.8) is 0 Å². The summed E-state index contributed by atoms with van der Waals surface area (Å²) in [5.41, 5.74) is 5.70. The lowest BCUT2D eigenvalue weighted by molar-refractivity contribution is 0.584. The van der Waals surface area contributed by atoms with Crippen LogP contribution >= 0.6 is 104 Å². The summed E-state index contributed by atoms with van der Waals surface area (Å²) in [6.07, 6.45) is 4.98. The van der Waals surface area contributed by atoms with Crippen LogP contribution in [0.25, 0.3) is 65.9 Å². The number of hydrogen-bond acceptors (Lipinski definition) is 5. The molecule has 2 aromatic carbocycles. The molecule has 0 spiro atoms. The fraction of sp³-hybridized carbons (Fsp3) is 0. The van der Waals surface area contributed by atoms with Crippen LogP contribution in [0.4, 0.5) is 0 Å². The minimum absolute atomic E-state index is 0.0328. The molecule has 5 aromatic heterocycles. The van der Waals surface area contributed by atoms with Crippen LogP contribution in [0, 0.1) is 6.07 Å². The Balaban J connectivity index is 1.74. The number of pyridine rings is 3. The molecule has 13 heteroatoms. The number of aromatic nitrogens is 3. The Morgan fingerprint density at radius 2 is 1.43 bits per heavy atom. The smallest absolute Gasteiger partial charge is 0.212 e. The second kappa shape index (κ2) is 12.8. The molecule has 0 N–H and O–H groups in total. The van der Waals surface area contributed by atoms with Crippen molar-refractivity contribution in [3.8, 4) is 55.1 Å². The highest BCUT2D eigenvalue weighted by molar-refractivity contribution is 7.20. The average Bonchev–Trinajstić information content (AvgIpc) is 3.56. The van der Waals surface area contributed by atoms with Gasteiger partial charge in [-0.1, -0.05) is 93.3 Å². The van der Waals surface area contributed by atoms with Gasteiger partial charge < -0.3 is 4.42 Å². The van der Waals surface area contributed by atoms with E-state index in [0.29, 0.717) is 47.5 Å². The standard InChI is InChI=1S/C33H12Cl8N3OS/c34-21-7-16(13-44-31(21)39)17-2-3-18-19(25-11-23(36)33(41)46-25)9-20(24-10-22(35)32(40)45-24)28(14-5-6-42-27(38)8-14)30(18)29(17)15-1-4-26(37)43-12-15/h1-8,10-13H. The van der Waals surface area contributed by atoms with E-state index in [0.717, 1.165) is 37.9 Å². The van der Waals surface area contributed by atoms with Crippen LogP contribution in [-0.2, 0) is 0 Å². The molecule has 0 saturated heterocycles. The van der Waals surface area contributed by atoms with Crippen LogP contribution in [0.15, 0.2) is 77.6 Å². The van der Waals surface area contributed by atoms with Crippen LogP contribution in [-0.4, -0.2) is 15.0 Å². The van der Waals surface area contributed by atoms with Crippen molar-refractivity contribution in [2.24, 2.45) is 0 Å². The fourth-order valence-corrected chi connectivity index (χ4v) is 7.46. The van der Waals surface area contributed by atoms with Crippen molar-refractivity contribution in [2.45, 2.75) is 0 Å². The molecule has 0 unspecified atom stereocenters. The SMILES string of the molecule is Clc1ccc(-c2c(-c3cnc(Cl)c(Cl)c3)ccc3c(-c4cc(Cl)c(Cl)s4)[c]c(-c4cc(Cl)c(Cl)o4)c(-c4ccnc(Cl)c4)c23)cn1. The molecule has 0 fully saturated rings. The Morgan fingerprint density at radius 3 is 2.09 bits per heavy atom. The second-order valence-electron chi connectivity index (χ2n) is 9.86. The van der Waals surface area contributed by atoms with E-state index in [4.69, 9.17) is 97.2 Å². The van der Waals surface area contributed by atoms with Crippen LogP contribution in [0.1, 0.15) is 0 Å². The zero-order chi connectivity index (χ0) is 32.3. The summed E-state index contributed by atoms with van der Waals surface area (Å²) in [7, 11) is 0. The van der Waals surface area contributed by atoms with E-state index >= 15 is 0 Å². The van der Waals surface area contributed by atoms with Gasteiger partial charge in [-0.25, -0.2) is 15.0 Å². The number of benzene rings is 2. The van der Waals surface area contributed by atoms with Crippen molar-refractivity contribution in [1.29, 1.82) is 0 Å². The number of hydrogen-bond donors (Lipinski definition) is 0. The predicted molar refractivity (Wildman–Crippen MR) is 194 cm³/mol. The van der Waals surface area contributed by atoms with Crippen LogP contribution in [0.2, 0.25) is 40.1 Å². The normalized spacial score (nSPS) is 11.5. The van der Waals surface area contributed by atoms with E-state index in [1.165, 1.54) is 11.3 Å². The van der Waals surface area contributed by atoms with Gasteiger partial charge in [-0.3, -0.25) is 0 Å². The summed E-state index contributed by atoms with van der Waals surface area (Å²) in [6, 6.07) is 20.0. The van der Waals surface area contributed by atoms with Crippen LogP contribution in [0.5, 0.6) is 0 Å². The Bertz CT molecular complexity index is 2280. The van der Waals surface area contributed by atoms with Gasteiger partial charge in [0.2, 0.25) is 5.22 Å². The minimum atomic E-state index is 0.0328. The molecular formula is C33H12Cl8N3OS. The van der Waals surface area contributed by atoms with Crippen molar-refractivity contribution in [1.82, 2.24) is 15.0 Å². The Labute approximate surface area is 306 Å². The summed E-state index contributed by atoms with van der Waals surface area (Å²) in [5, 5.41) is 3.38. The first-order valence-electron chi connectivity index (χ1n) is 13.1. The molecule has 46 heavy (non-hydrogen) atoms. The number of fused-ring (bicyclic) bond motifs is 1. The highest BCUT2D eigenvalue weighted by atomic mass is 35.5. The monoisotopic (exact) mass is 778 g/mol. The topological polar surface area (TPSA) is 51.8 Å². The summed E-state index contributed by atoms with van der Waals surface area (Å²) in [5.74, 6) is 0.372. The number of thiophene rings is 1. The van der Waals surface area contributed by atoms with Crippen LogP contribution < -0.4 is 0 Å². The maximum Gasteiger partial charge on any atom is 0.212 e.